The van der Waals surface area contributed by atoms with Gasteiger partial charge in [0.1, 0.15) is 12.3 Å². The number of phenolic OH excluding ortho intramolecular Hbond substituents is 1. The minimum Gasteiger partial charge on any atom is -0.506 e. The fraction of sp³-hybridized carbons (Fsp3) is 0.222. The molecule has 0 fully saturated rings. The lowest BCUT2D eigenvalue weighted by Crippen LogP contribution is -2.24. The minimum atomic E-state index is -0.925. The molecule has 2 N–H and O–H groups in total. The summed E-state index contributed by atoms with van der Waals surface area (Å²) in [5, 5.41) is 17.9. The second-order valence-corrected chi connectivity index (χ2v) is 2.74. The van der Waals surface area contributed by atoms with Crippen molar-refractivity contribution in [2.45, 2.75) is 0 Å². The van der Waals surface area contributed by atoms with Crippen LogP contribution in [0.5, 0.6) is 5.75 Å². The predicted molar refractivity (Wildman–Crippen MR) is 49.0 cm³/mol. The van der Waals surface area contributed by atoms with Crippen LogP contribution in [0.25, 0.3) is 0 Å². The van der Waals surface area contributed by atoms with Crippen LogP contribution in [0.2, 0.25) is 0 Å². The first kappa shape index (κ1) is 9.38. The topological polar surface area (TPSA) is 60.8 Å². The van der Waals surface area contributed by atoms with Crippen LogP contribution in [-0.2, 0) is 4.79 Å². The number of para-hydroxylation sites is 2. The Kier molecular flexibility index (Phi) is 2.74. The Hall–Kier alpha value is -1.71. The Morgan fingerprint density at radius 2 is 2.08 bits per heavy atom. The molecule has 0 radical (unpaired) electrons. The van der Waals surface area contributed by atoms with E-state index >= 15 is 0 Å². The van der Waals surface area contributed by atoms with Crippen LogP contribution < -0.4 is 4.90 Å². The third-order valence-electron chi connectivity index (χ3n) is 1.67. The van der Waals surface area contributed by atoms with Gasteiger partial charge in [-0.05, 0) is 12.1 Å². The minimum absolute atomic E-state index is 0.0891. The number of aliphatic carboxylic acids is 1. The highest BCUT2D eigenvalue weighted by atomic mass is 16.4. The largest absolute Gasteiger partial charge is 0.506 e. The maximum Gasteiger partial charge on any atom is 0.323 e. The Balaban J connectivity index is 2.82. The first-order valence-corrected chi connectivity index (χ1v) is 3.82. The van der Waals surface area contributed by atoms with Gasteiger partial charge in [-0.25, -0.2) is 0 Å². The Morgan fingerprint density at radius 1 is 1.46 bits per heavy atom. The molecule has 0 aliphatic heterocycles. The fourth-order valence-corrected chi connectivity index (χ4v) is 1.08. The molecule has 0 atom stereocenters. The summed E-state index contributed by atoms with van der Waals surface area (Å²) < 4.78 is 0. The average molecular weight is 181 g/mol. The molecule has 0 saturated heterocycles. The smallest absolute Gasteiger partial charge is 0.323 e. The predicted octanol–water partition coefficient (Wildman–Crippen LogP) is 0.913. The molecule has 0 aliphatic carbocycles. The summed E-state index contributed by atoms with van der Waals surface area (Å²) in [6, 6.07) is 6.62. The Bertz CT molecular complexity index is 311. The highest BCUT2D eigenvalue weighted by molar-refractivity contribution is 5.74. The van der Waals surface area contributed by atoms with Gasteiger partial charge >= 0.3 is 5.97 Å². The van der Waals surface area contributed by atoms with Crippen LogP contribution in [-0.4, -0.2) is 29.8 Å². The van der Waals surface area contributed by atoms with Gasteiger partial charge < -0.3 is 15.1 Å². The number of anilines is 1. The average Bonchev–Trinajstić information content (AvgIpc) is 2.03. The van der Waals surface area contributed by atoms with Gasteiger partial charge in [0, 0.05) is 7.05 Å². The molecule has 1 aromatic rings. The second-order valence-electron chi connectivity index (χ2n) is 2.74. The molecule has 4 nitrogen and oxygen atoms in total. The van der Waals surface area contributed by atoms with Crippen molar-refractivity contribution in [3.05, 3.63) is 24.3 Å². The highest BCUT2D eigenvalue weighted by Crippen LogP contribution is 2.24. The summed E-state index contributed by atoms with van der Waals surface area (Å²) in [6.45, 7) is -0.127. The van der Waals surface area contributed by atoms with Gasteiger partial charge in [0.15, 0.2) is 0 Å². The Labute approximate surface area is 76.0 Å². The van der Waals surface area contributed by atoms with Crippen molar-refractivity contribution in [1.29, 1.82) is 0 Å². The molecule has 1 rings (SSSR count). The molecule has 1 aromatic carbocycles. The van der Waals surface area contributed by atoms with Gasteiger partial charge in [0.2, 0.25) is 0 Å². The summed E-state index contributed by atoms with van der Waals surface area (Å²) >= 11 is 0. The highest BCUT2D eigenvalue weighted by Gasteiger charge is 2.08. The molecular formula is C9H11NO3. The number of nitrogens with zero attached hydrogens (tertiary/aromatic N) is 1. The number of carboxylic acid groups (broad SMARTS) is 1. The molecule has 13 heavy (non-hydrogen) atoms. The number of carboxylic acids is 1. The third kappa shape index (κ3) is 2.37. The van der Waals surface area contributed by atoms with Crippen molar-refractivity contribution < 1.29 is 15.0 Å². The van der Waals surface area contributed by atoms with Gasteiger partial charge in [0.25, 0.3) is 0 Å². The quantitative estimate of drug-likeness (QED) is 0.727. The molecular weight excluding hydrogens is 170 g/mol. The van der Waals surface area contributed by atoms with Crippen LogP contribution >= 0.6 is 0 Å². The van der Waals surface area contributed by atoms with E-state index in [0.29, 0.717) is 5.69 Å². The maximum absolute atomic E-state index is 10.4. The normalized spacial score (nSPS) is 9.62. The summed E-state index contributed by atoms with van der Waals surface area (Å²) in [6.07, 6.45) is 0. The standard InChI is InChI=1S/C9H11NO3/c1-10(6-9(12)13)7-4-2-3-5-8(7)11/h2-5,11H,6H2,1H3,(H,12,13). The zero-order chi connectivity index (χ0) is 9.84. The zero-order valence-corrected chi connectivity index (χ0v) is 7.27. The van der Waals surface area contributed by atoms with E-state index in [9.17, 15) is 9.90 Å². The van der Waals surface area contributed by atoms with Crippen LogP contribution in [0, 0.1) is 0 Å². The molecule has 0 heterocycles. The van der Waals surface area contributed by atoms with Crippen molar-refractivity contribution in [3.63, 3.8) is 0 Å². The summed E-state index contributed by atoms with van der Waals surface area (Å²) in [7, 11) is 1.61. The van der Waals surface area contributed by atoms with Gasteiger partial charge in [-0.2, -0.15) is 0 Å². The third-order valence-corrected chi connectivity index (χ3v) is 1.67. The Morgan fingerprint density at radius 3 is 2.62 bits per heavy atom. The van der Waals surface area contributed by atoms with Crippen molar-refractivity contribution in [2.75, 3.05) is 18.5 Å². The van der Waals surface area contributed by atoms with E-state index in [1.165, 1.54) is 11.0 Å². The molecule has 0 aliphatic rings. The number of hydrogen-bond donors (Lipinski definition) is 2. The van der Waals surface area contributed by atoms with Gasteiger partial charge in [-0.15, -0.1) is 0 Å². The maximum atomic E-state index is 10.4. The van der Waals surface area contributed by atoms with Gasteiger partial charge in [-0.3, -0.25) is 4.79 Å². The summed E-state index contributed by atoms with van der Waals surface area (Å²) in [5.74, 6) is -0.836. The molecule has 0 unspecified atom stereocenters. The lowest BCUT2D eigenvalue weighted by Gasteiger charge is -2.17. The van der Waals surface area contributed by atoms with Crippen LogP contribution in [0.1, 0.15) is 0 Å². The summed E-state index contributed by atoms with van der Waals surface area (Å²) in [4.78, 5) is 11.8. The first-order chi connectivity index (χ1) is 6.11. The number of likely N-dealkylation sites (N-methyl/N-ethyl adjacent to an activating group) is 1. The summed E-state index contributed by atoms with van der Waals surface area (Å²) in [5.41, 5.74) is 0.518. The van der Waals surface area contributed by atoms with Crippen molar-refractivity contribution in [3.8, 4) is 5.75 Å². The van der Waals surface area contributed by atoms with Crippen molar-refractivity contribution in [1.82, 2.24) is 0 Å². The molecule has 0 amide bonds. The number of aromatic hydroxyl groups is 1. The first-order valence-electron chi connectivity index (χ1n) is 3.82. The van der Waals surface area contributed by atoms with E-state index in [-0.39, 0.29) is 12.3 Å². The van der Waals surface area contributed by atoms with Crippen molar-refractivity contribution in [2.24, 2.45) is 0 Å². The molecule has 0 spiro atoms. The van der Waals surface area contributed by atoms with E-state index in [1.54, 1.807) is 25.2 Å². The molecule has 70 valence electrons. The van der Waals surface area contributed by atoms with E-state index in [2.05, 4.69) is 0 Å². The molecule has 4 heteroatoms. The van der Waals surface area contributed by atoms with Gasteiger partial charge in [0.05, 0.1) is 5.69 Å². The lowest BCUT2D eigenvalue weighted by molar-refractivity contribution is -0.135. The number of hydrogen-bond acceptors (Lipinski definition) is 3. The zero-order valence-electron chi connectivity index (χ0n) is 7.27. The van der Waals surface area contributed by atoms with Crippen molar-refractivity contribution >= 4 is 11.7 Å². The second kappa shape index (κ2) is 3.80. The van der Waals surface area contributed by atoms with Crippen LogP contribution in [0.4, 0.5) is 5.69 Å². The molecule has 0 aromatic heterocycles. The van der Waals surface area contributed by atoms with E-state index < -0.39 is 5.97 Å². The number of benzene rings is 1. The number of rotatable bonds is 3. The molecule has 0 bridgehead atoms. The molecule has 0 saturated carbocycles. The SMILES string of the molecule is CN(CC(=O)O)c1ccccc1O. The fourth-order valence-electron chi connectivity index (χ4n) is 1.08. The van der Waals surface area contributed by atoms with Crippen LogP contribution in [0.3, 0.4) is 0 Å². The lowest BCUT2D eigenvalue weighted by atomic mass is 10.2. The van der Waals surface area contributed by atoms with Crippen LogP contribution in [0.15, 0.2) is 24.3 Å². The monoisotopic (exact) mass is 181 g/mol. The number of carbonyl (C=O) groups is 1. The van der Waals surface area contributed by atoms with Gasteiger partial charge in [-0.1, -0.05) is 12.1 Å². The number of phenols is 1. The van der Waals surface area contributed by atoms with E-state index in [0.717, 1.165) is 0 Å². The van der Waals surface area contributed by atoms with E-state index in [1.807, 2.05) is 0 Å². The van der Waals surface area contributed by atoms with E-state index in [4.69, 9.17) is 5.11 Å².